The zero-order chi connectivity index (χ0) is 30.4. The first-order valence-electron chi connectivity index (χ1n) is 14.9. The van der Waals surface area contributed by atoms with Crippen LogP contribution in [-0.4, -0.2) is 10.1 Å². The Morgan fingerprint density at radius 1 is 0.378 bits per heavy atom. The maximum absolute atomic E-state index is 10.9. The Hall–Kier alpha value is -6.13. The Morgan fingerprint density at radius 3 is 1.53 bits per heavy atom. The molecule has 0 fully saturated rings. The van der Waals surface area contributed by atoms with Gasteiger partial charge in [-0.05, 0) is 102 Å². The van der Waals surface area contributed by atoms with E-state index in [4.69, 9.17) is 4.98 Å². The van der Waals surface area contributed by atoms with Crippen molar-refractivity contribution < 1.29 is 5.11 Å². The number of aromatic nitrogens is 1. The third-order valence-corrected chi connectivity index (χ3v) is 7.75. The molecular weight excluding hydrogens is 550 g/mol. The lowest BCUT2D eigenvalue weighted by Gasteiger charge is -2.27. The second-order valence-electron chi connectivity index (χ2n) is 10.7. The van der Waals surface area contributed by atoms with Crippen LogP contribution in [0.1, 0.15) is 0 Å². The highest BCUT2D eigenvalue weighted by atomic mass is 16.3. The van der Waals surface area contributed by atoms with Gasteiger partial charge < -0.3 is 10.0 Å². The molecule has 4 heteroatoms. The third-order valence-electron chi connectivity index (χ3n) is 7.75. The summed E-state index contributed by atoms with van der Waals surface area (Å²) < 4.78 is 0. The summed E-state index contributed by atoms with van der Waals surface area (Å²) in [4.78, 5) is 9.11. The number of hydrogen-bond acceptors (Lipinski definition) is 4. The topological polar surface area (TPSA) is 39.6 Å². The number of pyridine rings is 1. The summed E-state index contributed by atoms with van der Waals surface area (Å²) in [6, 6.07) is 59.5. The summed E-state index contributed by atoms with van der Waals surface area (Å²) >= 11 is 0. The molecule has 6 aromatic carbocycles. The van der Waals surface area contributed by atoms with Gasteiger partial charge in [0.05, 0.1) is 0 Å². The molecule has 0 amide bonds. The van der Waals surface area contributed by atoms with Crippen molar-refractivity contribution in [2.45, 2.75) is 0 Å². The van der Waals surface area contributed by atoms with Crippen molar-refractivity contribution in [1.29, 1.82) is 0 Å². The minimum atomic E-state index is 0.241. The minimum absolute atomic E-state index is 0.241. The van der Waals surface area contributed by atoms with Gasteiger partial charge in [0.2, 0.25) is 0 Å². The first-order valence-corrected chi connectivity index (χ1v) is 14.9. The van der Waals surface area contributed by atoms with Crippen LogP contribution in [0.2, 0.25) is 0 Å². The molecule has 0 saturated carbocycles. The van der Waals surface area contributed by atoms with Crippen LogP contribution in [0.15, 0.2) is 182 Å². The lowest BCUT2D eigenvalue weighted by atomic mass is 9.96. The fourth-order valence-electron chi connectivity index (χ4n) is 5.68. The Kier molecular flexibility index (Phi) is 7.76. The molecule has 0 bridgehead atoms. The van der Waals surface area contributed by atoms with Crippen LogP contribution in [0.4, 0.5) is 34.3 Å². The van der Waals surface area contributed by atoms with Crippen LogP contribution >= 0.6 is 0 Å². The molecule has 0 radical (unpaired) electrons. The van der Waals surface area contributed by atoms with Crippen molar-refractivity contribution in [3.63, 3.8) is 0 Å². The fraction of sp³-hybridized carbons (Fsp3) is 0. The molecule has 4 nitrogen and oxygen atoms in total. The highest BCUT2D eigenvalue weighted by Crippen LogP contribution is 2.42. The first-order chi connectivity index (χ1) is 22.2. The van der Waals surface area contributed by atoms with Gasteiger partial charge in [-0.3, -0.25) is 4.90 Å². The molecule has 1 N–H and O–H groups in total. The Bertz CT molecular complexity index is 1930. The number of nitrogens with zero attached hydrogens (tertiary/aromatic N) is 3. The predicted octanol–water partition coefficient (Wildman–Crippen LogP) is 11.1. The molecule has 216 valence electrons. The molecule has 0 atom stereocenters. The quantitative estimate of drug-likeness (QED) is 0.194. The first kappa shape index (κ1) is 27.7. The number of para-hydroxylation sites is 4. The maximum atomic E-state index is 10.9. The largest absolute Gasteiger partial charge is 0.507 e. The standard InChI is InChI=1S/C41H31N3O/c45-40-24-11-10-23-39(40)33-27-32(29-38(30-33)43(34-16-4-1-5-17-34)35-18-6-2-7-19-35)31-15-14-22-37(28-31)44(36-20-8-3-9-21-36)41-25-12-13-26-42-41/h1-30,45H. The monoisotopic (exact) mass is 581 g/mol. The van der Waals surface area contributed by atoms with Crippen LogP contribution in [-0.2, 0) is 0 Å². The molecule has 1 aromatic heterocycles. The summed E-state index contributed by atoms with van der Waals surface area (Å²) in [5.74, 6) is 1.08. The smallest absolute Gasteiger partial charge is 0.137 e. The molecule has 45 heavy (non-hydrogen) atoms. The highest BCUT2D eigenvalue weighted by Gasteiger charge is 2.18. The van der Waals surface area contributed by atoms with Gasteiger partial charge in [-0.1, -0.05) is 91.0 Å². The molecular formula is C41H31N3O. The Labute approximate surface area is 263 Å². The zero-order valence-electron chi connectivity index (χ0n) is 24.6. The minimum Gasteiger partial charge on any atom is -0.507 e. The molecule has 7 aromatic rings. The average Bonchev–Trinajstić information content (AvgIpc) is 3.11. The molecule has 1 heterocycles. The molecule has 0 saturated heterocycles. The number of rotatable bonds is 8. The van der Waals surface area contributed by atoms with Gasteiger partial charge in [-0.2, -0.15) is 0 Å². The van der Waals surface area contributed by atoms with E-state index in [1.807, 2.05) is 72.9 Å². The molecule has 0 aliphatic heterocycles. The average molecular weight is 582 g/mol. The van der Waals surface area contributed by atoms with E-state index in [0.717, 1.165) is 56.5 Å². The van der Waals surface area contributed by atoms with Gasteiger partial charge in [-0.25, -0.2) is 4.98 Å². The molecule has 0 unspecified atom stereocenters. The van der Waals surface area contributed by atoms with Crippen molar-refractivity contribution in [3.05, 3.63) is 182 Å². The number of phenols is 1. The predicted molar refractivity (Wildman–Crippen MR) is 186 cm³/mol. The van der Waals surface area contributed by atoms with Crippen molar-refractivity contribution in [2.75, 3.05) is 9.80 Å². The molecule has 0 spiro atoms. The SMILES string of the molecule is Oc1ccccc1-c1cc(-c2cccc(N(c3ccccc3)c3ccccn3)c2)cc(N(c2ccccc2)c2ccccc2)c1. The molecule has 7 rings (SSSR count). The summed E-state index contributed by atoms with van der Waals surface area (Å²) in [5.41, 5.74) is 8.86. The zero-order valence-corrected chi connectivity index (χ0v) is 24.6. The summed E-state index contributed by atoms with van der Waals surface area (Å²) in [6.07, 6.45) is 1.82. The normalized spacial score (nSPS) is 10.8. The lowest BCUT2D eigenvalue weighted by Crippen LogP contribution is -2.11. The van der Waals surface area contributed by atoms with Gasteiger partial charge in [0.25, 0.3) is 0 Å². The van der Waals surface area contributed by atoms with E-state index in [2.05, 4.69) is 113 Å². The van der Waals surface area contributed by atoms with E-state index in [1.54, 1.807) is 6.07 Å². The van der Waals surface area contributed by atoms with Crippen LogP contribution in [0.3, 0.4) is 0 Å². The van der Waals surface area contributed by atoms with E-state index in [0.29, 0.717) is 0 Å². The Morgan fingerprint density at radius 2 is 0.911 bits per heavy atom. The van der Waals surface area contributed by atoms with E-state index in [9.17, 15) is 5.11 Å². The third kappa shape index (κ3) is 5.90. The number of hydrogen-bond donors (Lipinski definition) is 1. The van der Waals surface area contributed by atoms with Gasteiger partial charge >= 0.3 is 0 Å². The van der Waals surface area contributed by atoms with E-state index in [1.165, 1.54) is 0 Å². The van der Waals surface area contributed by atoms with E-state index >= 15 is 0 Å². The van der Waals surface area contributed by atoms with E-state index < -0.39 is 0 Å². The van der Waals surface area contributed by atoms with Gasteiger partial charge in [0, 0.05) is 40.2 Å². The second-order valence-corrected chi connectivity index (χ2v) is 10.7. The van der Waals surface area contributed by atoms with Crippen LogP contribution in [0.5, 0.6) is 5.75 Å². The van der Waals surface area contributed by atoms with Crippen LogP contribution in [0, 0.1) is 0 Å². The number of aromatic hydroxyl groups is 1. The number of benzene rings is 6. The summed E-state index contributed by atoms with van der Waals surface area (Å²) in [6.45, 7) is 0. The number of anilines is 6. The van der Waals surface area contributed by atoms with Crippen LogP contribution < -0.4 is 9.80 Å². The van der Waals surface area contributed by atoms with Crippen molar-refractivity contribution >= 4 is 34.3 Å². The van der Waals surface area contributed by atoms with Gasteiger partial charge in [0.1, 0.15) is 11.6 Å². The Balaban J connectivity index is 1.42. The fourth-order valence-corrected chi connectivity index (χ4v) is 5.68. The summed E-state index contributed by atoms with van der Waals surface area (Å²) in [7, 11) is 0. The van der Waals surface area contributed by atoms with Crippen molar-refractivity contribution in [3.8, 4) is 28.0 Å². The second kappa shape index (κ2) is 12.6. The van der Waals surface area contributed by atoms with Crippen LogP contribution in [0.25, 0.3) is 22.3 Å². The van der Waals surface area contributed by atoms with Gasteiger partial charge in [-0.15, -0.1) is 0 Å². The number of phenolic OH excluding ortho intramolecular Hbond substituents is 1. The van der Waals surface area contributed by atoms with Crippen molar-refractivity contribution in [1.82, 2.24) is 4.98 Å². The molecule has 0 aliphatic carbocycles. The van der Waals surface area contributed by atoms with Gasteiger partial charge in [0.15, 0.2) is 0 Å². The highest BCUT2D eigenvalue weighted by molar-refractivity contribution is 5.87. The van der Waals surface area contributed by atoms with Crippen molar-refractivity contribution in [2.24, 2.45) is 0 Å². The molecule has 0 aliphatic rings. The maximum Gasteiger partial charge on any atom is 0.137 e. The lowest BCUT2D eigenvalue weighted by molar-refractivity contribution is 0.477. The summed E-state index contributed by atoms with van der Waals surface area (Å²) in [5, 5.41) is 10.9. The van der Waals surface area contributed by atoms with E-state index in [-0.39, 0.29) is 5.75 Å².